The second-order valence-electron chi connectivity index (χ2n) is 5.80. The molecule has 2 rings (SSSR count). The molecular weight excluding hydrogens is 306 g/mol. The van der Waals surface area contributed by atoms with Crippen LogP contribution >= 0.6 is 0 Å². The fourth-order valence-electron chi connectivity index (χ4n) is 2.29. The van der Waals surface area contributed by atoms with Crippen LogP contribution in [0, 0.1) is 18.6 Å². The molecule has 0 saturated heterocycles. The normalized spacial score (nSPS) is 11.7. The van der Waals surface area contributed by atoms with Gasteiger partial charge in [0.05, 0.1) is 12.4 Å². The maximum absolute atomic E-state index is 13.4. The van der Waals surface area contributed by atoms with Crippen molar-refractivity contribution >= 4 is 12.4 Å². The predicted molar refractivity (Wildman–Crippen MR) is 96.0 cm³/mol. The highest BCUT2D eigenvalue weighted by Crippen LogP contribution is 2.13. The Labute approximate surface area is 141 Å². The maximum Gasteiger partial charge on any atom is 0.129 e. The highest BCUT2D eigenvalue weighted by molar-refractivity contribution is 5.82. The fourth-order valence-corrected chi connectivity index (χ4v) is 2.29. The van der Waals surface area contributed by atoms with Crippen molar-refractivity contribution in [2.75, 3.05) is 0 Å². The summed E-state index contributed by atoms with van der Waals surface area (Å²) in [7, 11) is 0. The zero-order valence-electron chi connectivity index (χ0n) is 14.1. The fraction of sp³-hybridized carbons (Fsp3) is 0.300. The summed E-state index contributed by atoms with van der Waals surface area (Å²) in [4.78, 5) is 0. The smallest absolute Gasteiger partial charge is 0.129 e. The summed E-state index contributed by atoms with van der Waals surface area (Å²) < 4.78 is 26.8. The molecule has 0 aromatic heterocycles. The van der Waals surface area contributed by atoms with Gasteiger partial charge in [0.25, 0.3) is 0 Å². The van der Waals surface area contributed by atoms with Crippen molar-refractivity contribution in [1.82, 2.24) is 0 Å². The van der Waals surface area contributed by atoms with Gasteiger partial charge in [0.15, 0.2) is 0 Å². The summed E-state index contributed by atoms with van der Waals surface area (Å²) in [5.74, 6) is -1.17. The van der Waals surface area contributed by atoms with E-state index in [1.54, 1.807) is 6.21 Å². The SMILES string of the molecule is CCCCCc1ccc(/C=N/N=C/c2cc(F)c(C)c(F)c2)cc1. The van der Waals surface area contributed by atoms with Crippen molar-refractivity contribution in [1.29, 1.82) is 0 Å². The first-order valence-electron chi connectivity index (χ1n) is 8.21. The van der Waals surface area contributed by atoms with Gasteiger partial charge in [0, 0.05) is 11.1 Å². The first-order chi connectivity index (χ1) is 11.6. The molecule has 0 fully saturated rings. The van der Waals surface area contributed by atoms with Gasteiger partial charge in [-0.2, -0.15) is 10.2 Å². The molecule has 0 aliphatic heterocycles. The lowest BCUT2D eigenvalue weighted by molar-refractivity contribution is 0.568. The van der Waals surface area contributed by atoms with Crippen LogP contribution in [-0.4, -0.2) is 12.4 Å². The van der Waals surface area contributed by atoms with Crippen molar-refractivity contribution < 1.29 is 8.78 Å². The molecule has 24 heavy (non-hydrogen) atoms. The average Bonchev–Trinajstić information content (AvgIpc) is 2.58. The monoisotopic (exact) mass is 328 g/mol. The molecule has 2 aromatic rings. The Morgan fingerprint density at radius 3 is 2.04 bits per heavy atom. The van der Waals surface area contributed by atoms with E-state index in [0.717, 1.165) is 12.0 Å². The van der Waals surface area contributed by atoms with Crippen molar-refractivity contribution in [3.63, 3.8) is 0 Å². The second kappa shape index (κ2) is 9.06. The molecule has 0 radical (unpaired) electrons. The summed E-state index contributed by atoms with van der Waals surface area (Å²) in [5.41, 5.74) is 2.61. The van der Waals surface area contributed by atoms with E-state index >= 15 is 0 Å². The largest absolute Gasteiger partial charge is 0.207 e. The van der Waals surface area contributed by atoms with Crippen molar-refractivity contribution in [3.05, 3.63) is 70.3 Å². The molecule has 0 spiro atoms. The first kappa shape index (κ1) is 18.0. The molecule has 4 heteroatoms. The van der Waals surface area contributed by atoms with Gasteiger partial charge < -0.3 is 0 Å². The number of rotatable bonds is 7. The molecule has 0 heterocycles. The molecule has 0 N–H and O–H groups in total. The second-order valence-corrected chi connectivity index (χ2v) is 5.80. The highest BCUT2D eigenvalue weighted by atomic mass is 19.1. The van der Waals surface area contributed by atoms with Crippen LogP contribution in [-0.2, 0) is 6.42 Å². The van der Waals surface area contributed by atoms with Gasteiger partial charge in [-0.1, -0.05) is 44.0 Å². The zero-order chi connectivity index (χ0) is 17.4. The van der Waals surface area contributed by atoms with Crippen molar-refractivity contribution in [3.8, 4) is 0 Å². The maximum atomic E-state index is 13.4. The number of unbranched alkanes of at least 4 members (excludes halogenated alkanes) is 2. The first-order valence-corrected chi connectivity index (χ1v) is 8.21. The molecule has 126 valence electrons. The summed E-state index contributed by atoms with van der Waals surface area (Å²) in [5, 5.41) is 7.77. The Hall–Kier alpha value is -2.36. The molecule has 0 aliphatic rings. The van der Waals surface area contributed by atoms with E-state index in [9.17, 15) is 8.78 Å². The lowest BCUT2D eigenvalue weighted by Crippen LogP contribution is -1.92. The third kappa shape index (κ3) is 5.37. The molecule has 0 unspecified atom stereocenters. The Kier molecular flexibility index (Phi) is 6.79. The molecule has 0 amide bonds. The van der Waals surface area contributed by atoms with Gasteiger partial charge in [-0.05, 0) is 43.0 Å². The summed E-state index contributed by atoms with van der Waals surface area (Å²) in [6.45, 7) is 3.59. The van der Waals surface area contributed by atoms with Gasteiger partial charge in [0.1, 0.15) is 11.6 Å². The van der Waals surface area contributed by atoms with Crippen LogP contribution in [0.5, 0.6) is 0 Å². The minimum Gasteiger partial charge on any atom is -0.207 e. The average molecular weight is 328 g/mol. The van der Waals surface area contributed by atoms with Gasteiger partial charge in [-0.15, -0.1) is 0 Å². The molecule has 2 aromatic carbocycles. The number of hydrogen-bond donors (Lipinski definition) is 0. The molecule has 0 bridgehead atoms. The molecule has 0 atom stereocenters. The third-order valence-corrected chi connectivity index (χ3v) is 3.83. The molecule has 0 aliphatic carbocycles. The van der Waals surface area contributed by atoms with Crippen LogP contribution in [0.1, 0.15) is 48.4 Å². The summed E-state index contributed by atoms with van der Waals surface area (Å²) >= 11 is 0. The van der Waals surface area contributed by atoms with Crippen LogP contribution in [0.25, 0.3) is 0 Å². The number of aryl methyl sites for hydroxylation is 1. The van der Waals surface area contributed by atoms with Crippen LogP contribution in [0.3, 0.4) is 0 Å². The van der Waals surface area contributed by atoms with E-state index in [0.29, 0.717) is 5.56 Å². The lowest BCUT2D eigenvalue weighted by Gasteiger charge is -2.00. The van der Waals surface area contributed by atoms with Gasteiger partial charge in [-0.3, -0.25) is 0 Å². The molecular formula is C20H22F2N2. The van der Waals surface area contributed by atoms with Crippen LogP contribution in [0.4, 0.5) is 8.78 Å². The van der Waals surface area contributed by atoms with Gasteiger partial charge in [0.2, 0.25) is 0 Å². The van der Waals surface area contributed by atoms with E-state index in [2.05, 4.69) is 29.3 Å². The van der Waals surface area contributed by atoms with Crippen molar-refractivity contribution in [2.24, 2.45) is 10.2 Å². The van der Waals surface area contributed by atoms with Crippen LogP contribution < -0.4 is 0 Å². The van der Waals surface area contributed by atoms with E-state index in [1.807, 2.05) is 12.1 Å². The van der Waals surface area contributed by atoms with E-state index in [-0.39, 0.29) is 5.56 Å². The topological polar surface area (TPSA) is 24.7 Å². The van der Waals surface area contributed by atoms with E-state index < -0.39 is 11.6 Å². The zero-order valence-corrected chi connectivity index (χ0v) is 14.1. The Bertz CT molecular complexity index is 696. The van der Waals surface area contributed by atoms with Crippen LogP contribution in [0.2, 0.25) is 0 Å². The van der Waals surface area contributed by atoms with E-state index in [1.165, 1.54) is 50.1 Å². The standard InChI is InChI=1S/C20H22F2N2/c1-3-4-5-6-16-7-9-17(10-8-16)13-23-24-14-18-11-19(21)15(2)20(22)12-18/h7-14H,3-6H2,1-2H3/b23-13+,24-14+. The minimum atomic E-state index is -0.584. The Morgan fingerprint density at radius 2 is 1.46 bits per heavy atom. The number of benzene rings is 2. The van der Waals surface area contributed by atoms with Crippen molar-refractivity contribution in [2.45, 2.75) is 39.5 Å². The Balaban J connectivity index is 1.94. The minimum absolute atomic E-state index is 0.00896. The van der Waals surface area contributed by atoms with Gasteiger partial charge in [-0.25, -0.2) is 8.78 Å². The summed E-state index contributed by atoms with van der Waals surface area (Å²) in [6, 6.07) is 10.6. The van der Waals surface area contributed by atoms with E-state index in [4.69, 9.17) is 0 Å². The predicted octanol–water partition coefficient (Wildman–Crippen LogP) is 5.46. The lowest BCUT2D eigenvalue weighted by atomic mass is 10.1. The van der Waals surface area contributed by atoms with Crippen LogP contribution in [0.15, 0.2) is 46.6 Å². The summed E-state index contributed by atoms with van der Waals surface area (Å²) in [6.07, 6.45) is 7.72. The highest BCUT2D eigenvalue weighted by Gasteiger charge is 2.05. The molecule has 0 saturated carbocycles. The number of halogens is 2. The quantitative estimate of drug-likeness (QED) is 0.366. The van der Waals surface area contributed by atoms with Gasteiger partial charge >= 0.3 is 0 Å². The third-order valence-electron chi connectivity index (χ3n) is 3.83. The molecule has 2 nitrogen and oxygen atoms in total. The Morgan fingerprint density at radius 1 is 0.875 bits per heavy atom. The number of hydrogen-bond acceptors (Lipinski definition) is 2. The number of nitrogens with zero attached hydrogens (tertiary/aromatic N) is 2.